The molecular weight excluding hydrogens is 480 g/mol. The van der Waals surface area contributed by atoms with Gasteiger partial charge in [-0.25, -0.2) is 0 Å². The maximum atomic E-state index is 13.3. The lowest BCUT2D eigenvalue weighted by atomic mass is 9.40. The average Bonchev–Trinajstić information content (AvgIpc) is 3.46. The molecule has 35 heavy (non-hydrogen) atoms. The van der Waals surface area contributed by atoms with Crippen molar-refractivity contribution < 1.29 is 9.59 Å². The van der Waals surface area contributed by atoms with Gasteiger partial charge in [0.2, 0.25) is 5.91 Å². The van der Waals surface area contributed by atoms with Crippen molar-refractivity contribution in [2.24, 2.45) is 11.3 Å². The third-order valence-electron chi connectivity index (χ3n) is 8.05. The van der Waals surface area contributed by atoms with E-state index in [0.29, 0.717) is 21.2 Å². The summed E-state index contributed by atoms with van der Waals surface area (Å²) in [6.07, 6.45) is 10.3. The van der Waals surface area contributed by atoms with Crippen LogP contribution in [-0.4, -0.2) is 28.4 Å². The second-order valence-corrected chi connectivity index (χ2v) is 12.9. The number of carbonyl (C=O) groups is 2. The number of hydrogen-bond donors (Lipinski definition) is 3. The summed E-state index contributed by atoms with van der Waals surface area (Å²) in [5.41, 5.74) is 2.15. The van der Waals surface area contributed by atoms with Crippen molar-refractivity contribution in [3.8, 4) is 0 Å². The normalized spacial score (nSPS) is 26.9. The van der Waals surface area contributed by atoms with Crippen LogP contribution in [0.3, 0.4) is 0 Å². The number of pyridine rings is 1. The molecule has 2 atom stereocenters. The molecule has 4 fully saturated rings. The summed E-state index contributed by atoms with van der Waals surface area (Å²) in [7, 11) is 0. The third-order valence-corrected chi connectivity index (χ3v) is 9.53. The Morgan fingerprint density at radius 2 is 1.94 bits per heavy atom. The fraction of sp³-hybridized carbons (Fsp3) is 0.593. The van der Waals surface area contributed by atoms with E-state index in [2.05, 4.69) is 34.8 Å². The minimum atomic E-state index is -0.478. The van der Waals surface area contributed by atoms with Gasteiger partial charge < -0.3 is 16.0 Å². The zero-order valence-electron chi connectivity index (χ0n) is 20.7. The smallest absolute Gasteiger partial charge is 0.262 e. The molecule has 4 aliphatic carbocycles. The van der Waals surface area contributed by atoms with Crippen LogP contribution < -0.4 is 16.0 Å². The minimum absolute atomic E-state index is 0.0104. The van der Waals surface area contributed by atoms with Crippen LogP contribution in [0.4, 0.5) is 5.69 Å². The van der Waals surface area contributed by atoms with Crippen molar-refractivity contribution in [1.82, 2.24) is 15.6 Å². The zero-order valence-corrected chi connectivity index (χ0v) is 22.3. The SMILES string of the molecule is Cc1ncc(Cl)cc1N[C@@H](C)c1ccc(C(=O)N[C@@H](CC2CCCC2)C(=O)NC23CC(C)(C2)C3)s1. The summed E-state index contributed by atoms with van der Waals surface area (Å²) >= 11 is 7.55. The highest BCUT2D eigenvalue weighted by atomic mass is 35.5. The Bertz CT molecular complexity index is 1110. The Kier molecular flexibility index (Phi) is 6.60. The summed E-state index contributed by atoms with van der Waals surface area (Å²) in [5, 5.41) is 10.4. The highest BCUT2D eigenvalue weighted by Gasteiger charge is 2.65. The summed E-state index contributed by atoms with van der Waals surface area (Å²) < 4.78 is 0. The van der Waals surface area contributed by atoms with Crippen LogP contribution in [0.15, 0.2) is 24.4 Å². The van der Waals surface area contributed by atoms with Gasteiger partial charge in [-0.2, -0.15) is 0 Å². The molecule has 0 saturated heterocycles. The van der Waals surface area contributed by atoms with Crippen LogP contribution in [0, 0.1) is 18.3 Å². The maximum Gasteiger partial charge on any atom is 0.262 e. The molecule has 0 unspecified atom stereocenters. The van der Waals surface area contributed by atoms with E-state index >= 15 is 0 Å². The van der Waals surface area contributed by atoms with Gasteiger partial charge >= 0.3 is 0 Å². The number of amides is 2. The summed E-state index contributed by atoms with van der Waals surface area (Å²) in [5.74, 6) is 0.328. The van der Waals surface area contributed by atoms with Gasteiger partial charge in [-0.3, -0.25) is 14.6 Å². The van der Waals surface area contributed by atoms with Crippen LogP contribution in [0.5, 0.6) is 0 Å². The molecule has 2 aromatic heterocycles. The van der Waals surface area contributed by atoms with Crippen LogP contribution in [-0.2, 0) is 4.79 Å². The number of anilines is 1. The van der Waals surface area contributed by atoms with E-state index in [1.807, 2.05) is 25.1 Å². The predicted molar refractivity (Wildman–Crippen MR) is 141 cm³/mol. The van der Waals surface area contributed by atoms with Crippen molar-refractivity contribution >= 4 is 40.4 Å². The van der Waals surface area contributed by atoms with Gasteiger partial charge in [-0.1, -0.05) is 44.2 Å². The molecule has 4 saturated carbocycles. The second kappa shape index (κ2) is 9.40. The van der Waals surface area contributed by atoms with Gasteiger partial charge in [0.15, 0.2) is 0 Å². The molecule has 0 radical (unpaired) electrons. The Balaban J connectivity index is 1.23. The van der Waals surface area contributed by atoms with Gasteiger partial charge in [-0.05, 0) is 69.1 Å². The quantitative estimate of drug-likeness (QED) is 0.382. The number of thiophene rings is 1. The summed E-state index contributed by atoms with van der Waals surface area (Å²) in [4.78, 5) is 32.4. The number of nitrogens with one attached hydrogen (secondary N) is 3. The van der Waals surface area contributed by atoms with E-state index < -0.39 is 6.04 Å². The van der Waals surface area contributed by atoms with Gasteiger partial charge in [0.1, 0.15) is 6.04 Å². The van der Waals surface area contributed by atoms with Crippen molar-refractivity contribution in [3.05, 3.63) is 44.9 Å². The van der Waals surface area contributed by atoms with E-state index in [4.69, 9.17) is 11.6 Å². The maximum absolute atomic E-state index is 13.3. The number of rotatable bonds is 9. The molecule has 2 bridgehead atoms. The Morgan fingerprint density at radius 1 is 1.23 bits per heavy atom. The summed E-state index contributed by atoms with van der Waals surface area (Å²) in [6.45, 7) is 6.27. The minimum Gasteiger partial charge on any atom is -0.376 e. The van der Waals surface area contributed by atoms with E-state index in [1.165, 1.54) is 24.2 Å². The van der Waals surface area contributed by atoms with E-state index in [0.717, 1.165) is 54.8 Å². The first-order valence-electron chi connectivity index (χ1n) is 12.8. The first-order valence-corrected chi connectivity index (χ1v) is 13.9. The first-order chi connectivity index (χ1) is 16.6. The fourth-order valence-electron chi connectivity index (χ4n) is 6.48. The number of aromatic nitrogens is 1. The number of hydrogen-bond acceptors (Lipinski definition) is 5. The zero-order chi connectivity index (χ0) is 24.8. The molecule has 0 aromatic carbocycles. The van der Waals surface area contributed by atoms with E-state index in [1.54, 1.807) is 6.20 Å². The third kappa shape index (κ3) is 5.21. The topological polar surface area (TPSA) is 83.1 Å². The highest BCUT2D eigenvalue weighted by Crippen LogP contribution is 2.66. The predicted octanol–water partition coefficient (Wildman–Crippen LogP) is 6.02. The van der Waals surface area contributed by atoms with Crippen molar-refractivity contribution in [2.45, 2.75) is 89.8 Å². The van der Waals surface area contributed by atoms with Crippen LogP contribution in [0.25, 0.3) is 0 Å². The van der Waals surface area contributed by atoms with Crippen molar-refractivity contribution in [3.63, 3.8) is 0 Å². The molecule has 0 aliphatic heterocycles. The first kappa shape index (κ1) is 24.6. The molecule has 2 amide bonds. The standard InChI is InChI=1S/C27H35ClN4O2S/c1-16-20(11-19(28)12-29-16)30-17(2)22-8-9-23(35-22)25(34)31-21(10-18-6-4-5-7-18)24(33)32-27-13-26(3,14-27)15-27/h8-9,11-12,17-18,21,30H,4-7,10,13-15H2,1-3H3,(H,31,34)(H,32,33)/t17-,21-,26?,27?/m0/s1. The Labute approximate surface area is 216 Å². The molecule has 188 valence electrons. The molecule has 2 aromatic rings. The molecule has 2 heterocycles. The lowest BCUT2D eigenvalue weighted by Crippen LogP contribution is -2.74. The molecular formula is C27H35ClN4O2S. The fourth-order valence-corrected chi connectivity index (χ4v) is 7.55. The van der Waals surface area contributed by atoms with Crippen molar-refractivity contribution in [2.75, 3.05) is 5.32 Å². The molecule has 8 heteroatoms. The van der Waals surface area contributed by atoms with Gasteiger partial charge in [0, 0.05) is 16.6 Å². The number of carbonyl (C=O) groups excluding carboxylic acids is 2. The van der Waals surface area contributed by atoms with Gasteiger partial charge in [0.05, 0.1) is 27.3 Å². The molecule has 4 aliphatic rings. The van der Waals surface area contributed by atoms with Crippen LogP contribution >= 0.6 is 22.9 Å². The molecule has 6 rings (SSSR count). The molecule has 6 nitrogen and oxygen atoms in total. The van der Waals surface area contributed by atoms with Crippen LogP contribution in [0.2, 0.25) is 5.02 Å². The lowest BCUT2D eigenvalue weighted by Gasteiger charge is -2.69. The molecule has 0 spiro atoms. The number of nitrogens with zero attached hydrogens (tertiary/aromatic N) is 1. The van der Waals surface area contributed by atoms with Crippen molar-refractivity contribution in [1.29, 1.82) is 0 Å². The summed E-state index contributed by atoms with van der Waals surface area (Å²) in [6, 6.07) is 5.19. The average molecular weight is 515 g/mol. The Hall–Kier alpha value is -2.12. The Morgan fingerprint density at radius 3 is 2.63 bits per heavy atom. The van der Waals surface area contributed by atoms with Gasteiger partial charge in [0.25, 0.3) is 5.91 Å². The van der Waals surface area contributed by atoms with E-state index in [-0.39, 0.29) is 23.4 Å². The monoisotopic (exact) mass is 514 g/mol. The lowest BCUT2D eigenvalue weighted by molar-refractivity contribution is -0.158. The highest BCUT2D eigenvalue weighted by molar-refractivity contribution is 7.14. The number of halogens is 1. The van der Waals surface area contributed by atoms with Gasteiger partial charge in [-0.15, -0.1) is 11.3 Å². The van der Waals surface area contributed by atoms with E-state index in [9.17, 15) is 9.59 Å². The largest absolute Gasteiger partial charge is 0.376 e. The van der Waals surface area contributed by atoms with Crippen LogP contribution in [0.1, 0.15) is 91.5 Å². The second-order valence-electron chi connectivity index (χ2n) is 11.4. The molecule has 3 N–H and O–H groups in total. The number of aryl methyl sites for hydroxylation is 1.